The lowest BCUT2D eigenvalue weighted by Crippen LogP contribution is -2.35. The summed E-state index contributed by atoms with van der Waals surface area (Å²) in [5.41, 5.74) is 1.62. The first kappa shape index (κ1) is 17.0. The lowest BCUT2D eigenvalue weighted by molar-refractivity contribution is 0.352. The molecule has 3 atom stereocenters. The molecule has 2 aliphatic heterocycles. The number of rotatable bonds is 3. The van der Waals surface area contributed by atoms with Gasteiger partial charge >= 0.3 is 0 Å². The molecule has 2 aromatic rings. The summed E-state index contributed by atoms with van der Waals surface area (Å²) in [5.74, 6) is 1.25. The maximum Gasteiger partial charge on any atom is 0.211 e. The van der Waals surface area contributed by atoms with E-state index >= 15 is 0 Å². The minimum Gasteiger partial charge on any atom is -0.356 e. The van der Waals surface area contributed by atoms with Gasteiger partial charge in [0.05, 0.1) is 23.9 Å². The summed E-state index contributed by atoms with van der Waals surface area (Å²) >= 11 is 0. The first-order chi connectivity index (χ1) is 12.5. The molecular weight excluding hydrogens is 348 g/mol. The smallest absolute Gasteiger partial charge is 0.211 e. The second kappa shape index (κ2) is 6.38. The summed E-state index contributed by atoms with van der Waals surface area (Å²) in [6.45, 7) is 2.01. The third kappa shape index (κ3) is 2.96. The molecule has 26 heavy (non-hydrogen) atoms. The van der Waals surface area contributed by atoms with Crippen molar-refractivity contribution in [2.45, 2.75) is 6.04 Å². The van der Waals surface area contributed by atoms with Gasteiger partial charge in [0, 0.05) is 31.7 Å². The van der Waals surface area contributed by atoms with Crippen LogP contribution < -0.4 is 4.90 Å². The second-order valence-corrected chi connectivity index (χ2v) is 8.97. The van der Waals surface area contributed by atoms with E-state index in [9.17, 15) is 8.42 Å². The van der Waals surface area contributed by atoms with Crippen molar-refractivity contribution < 1.29 is 8.42 Å². The molecule has 7 heteroatoms. The zero-order chi connectivity index (χ0) is 18.3. The Hall–Kier alpha value is -2.43. The van der Waals surface area contributed by atoms with Crippen LogP contribution in [0.3, 0.4) is 0 Å². The lowest BCUT2D eigenvalue weighted by Gasteiger charge is -2.28. The molecule has 2 fully saturated rings. The van der Waals surface area contributed by atoms with Crippen molar-refractivity contribution in [2.24, 2.45) is 11.8 Å². The van der Waals surface area contributed by atoms with E-state index in [-0.39, 0.29) is 17.9 Å². The van der Waals surface area contributed by atoms with Crippen molar-refractivity contribution in [3.8, 4) is 6.07 Å². The van der Waals surface area contributed by atoms with Gasteiger partial charge in [-0.2, -0.15) is 9.57 Å². The van der Waals surface area contributed by atoms with E-state index in [0.29, 0.717) is 12.1 Å². The van der Waals surface area contributed by atoms with Gasteiger partial charge in [-0.3, -0.25) is 0 Å². The van der Waals surface area contributed by atoms with Gasteiger partial charge in [-0.1, -0.05) is 30.3 Å². The van der Waals surface area contributed by atoms with Crippen LogP contribution >= 0.6 is 0 Å². The van der Waals surface area contributed by atoms with Crippen LogP contribution in [0.25, 0.3) is 0 Å². The summed E-state index contributed by atoms with van der Waals surface area (Å²) in [6.07, 6.45) is 2.94. The standard InChI is InChI=1S/C19H20N4O2S/c1-26(24,25)23-12-16-11-22(18-9-14(10-20)7-8-21-18)13-17(16)19(23)15-5-3-2-4-6-15/h2-9,16-17,19H,11-13H2,1H3/t16-,17-,19+/m1/s1. The third-order valence-corrected chi connectivity index (χ3v) is 6.62. The molecule has 6 nitrogen and oxygen atoms in total. The van der Waals surface area contributed by atoms with Crippen LogP contribution in [0.5, 0.6) is 0 Å². The van der Waals surface area contributed by atoms with Gasteiger partial charge in [0.25, 0.3) is 0 Å². The van der Waals surface area contributed by atoms with Crippen molar-refractivity contribution in [1.82, 2.24) is 9.29 Å². The molecule has 2 aliphatic rings. The fourth-order valence-corrected chi connectivity index (χ4v) is 5.41. The number of hydrogen-bond donors (Lipinski definition) is 0. The molecule has 0 amide bonds. The maximum absolute atomic E-state index is 12.3. The predicted octanol–water partition coefficient (Wildman–Crippen LogP) is 2.02. The van der Waals surface area contributed by atoms with Gasteiger partial charge in [0.15, 0.2) is 0 Å². The van der Waals surface area contributed by atoms with E-state index in [2.05, 4.69) is 16.0 Å². The first-order valence-corrected chi connectivity index (χ1v) is 10.4. The molecule has 134 valence electrons. The highest BCUT2D eigenvalue weighted by Gasteiger charge is 2.50. The van der Waals surface area contributed by atoms with Crippen LogP contribution in [0.1, 0.15) is 17.2 Å². The molecule has 0 radical (unpaired) electrons. The zero-order valence-electron chi connectivity index (χ0n) is 14.5. The Morgan fingerprint density at radius 3 is 2.62 bits per heavy atom. The molecule has 0 spiro atoms. The van der Waals surface area contributed by atoms with E-state index in [4.69, 9.17) is 5.26 Å². The van der Waals surface area contributed by atoms with Crippen molar-refractivity contribution in [2.75, 3.05) is 30.8 Å². The molecule has 0 N–H and O–H groups in total. The summed E-state index contributed by atoms with van der Waals surface area (Å²) in [7, 11) is -3.28. The quantitative estimate of drug-likeness (QED) is 0.828. The van der Waals surface area contributed by atoms with E-state index in [1.54, 1.807) is 22.6 Å². The van der Waals surface area contributed by atoms with Gasteiger partial charge < -0.3 is 4.90 Å². The average Bonchev–Trinajstić information content (AvgIpc) is 3.20. The molecule has 0 aliphatic carbocycles. The van der Waals surface area contributed by atoms with E-state index in [1.165, 1.54) is 6.26 Å². The molecule has 1 aromatic carbocycles. The fourth-order valence-electron chi connectivity index (χ4n) is 4.26. The SMILES string of the molecule is CS(=O)(=O)N1C[C@H]2CN(c3cc(C#N)ccn3)C[C@H]2[C@@H]1c1ccccc1. The van der Waals surface area contributed by atoms with Crippen LogP contribution in [-0.4, -0.2) is 43.6 Å². The molecule has 3 heterocycles. The molecule has 4 rings (SSSR count). The van der Waals surface area contributed by atoms with E-state index in [1.807, 2.05) is 30.3 Å². The second-order valence-electron chi connectivity index (χ2n) is 7.03. The highest BCUT2D eigenvalue weighted by Crippen LogP contribution is 2.46. The van der Waals surface area contributed by atoms with Crippen LogP contribution in [-0.2, 0) is 10.0 Å². The van der Waals surface area contributed by atoms with E-state index in [0.717, 1.165) is 24.5 Å². The number of nitriles is 1. The Morgan fingerprint density at radius 2 is 1.92 bits per heavy atom. The highest BCUT2D eigenvalue weighted by atomic mass is 32.2. The predicted molar refractivity (Wildman–Crippen MR) is 98.9 cm³/mol. The number of pyridine rings is 1. The van der Waals surface area contributed by atoms with Crippen molar-refractivity contribution in [3.05, 3.63) is 59.8 Å². The maximum atomic E-state index is 12.3. The molecular formula is C19H20N4O2S. The number of benzene rings is 1. The van der Waals surface area contributed by atoms with Crippen molar-refractivity contribution >= 4 is 15.8 Å². The highest BCUT2D eigenvalue weighted by molar-refractivity contribution is 7.88. The number of hydrogen-bond acceptors (Lipinski definition) is 5. The van der Waals surface area contributed by atoms with Gasteiger partial charge in [-0.05, 0) is 23.6 Å². The Kier molecular flexibility index (Phi) is 4.17. The molecule has 0 saturated carbocycles. The summed E-state index contributed by atoms with van der Waals surface area (Å²) in [6, 6.07) is 15.3. The molecule has 2 saturated heterocycles. The van der Waals surface area contributed by atoms with Crippen LogP contribution in [0.4, 0.5) is 5.82 Å². The van der Waals surface area contributed by atoms with E-state index < -0.39 is 10.0 Å². The van der Waals surface area contributed by atoms with Gasteiger partial charge in [-0.15, -0.1) is 0 Å². The minimum absolute atomic E-state index is 0.152. The minimum atomic E-state index is -3.28. The number of aromatic nitrogens is 1. The number of nitrogens with zero attached hydrogens (tertiary/aromatic N) is 4. The van der Waals surface area contributed by atoms with Gasteiger partial charge in [0.1, 0.15) is 5.82 Å². The Labute approximate surface area is 153 Å². The average molecular weight is 368 g/mol. The van der Waals surface area contributed by atoms with Gasteiger partial charge in [-0.25, -0.2) is 13.4 Å². The summed E-state index contributed by atoms with van der Waals surface area (Å²) in [4.78, 5) is 6.58. The third-order valence-electron chi connectivity index (χ3n) is 5.39. The Balaban J connectivity index is 1.66. The number of fused-ring (bicyclic) bond motifs is 1. The van der Waals surface area contributed by atoms with Crippen molar-refractivity contribution in [1.29, 1.82) is 5.26 Å². The molecule has 0 unspecified atom stereocenters. The molecule has 1 aromatic heterocycles. The monoisotopic (exact) mass is 368 g/mol. The van der Waals surface area contributed by atoms with Gasteiger partial charge in [0.2, 0.25) is 10.0 Å². The number of anilines is 1. The van der Waals surface area contributed by atoms with Crippen LogP contribution in [0.2, 0.25) is 0 Å². The van der Waals surface area contributed by atoms with Crippen LogP contribution in [0.15, 0.2) is 48.7 Å². The Bertz CT molecular complexity index is 955. The summed E-state index contributed by atoms with van der Waals surface area (Å²) in [5, 5.41) is 9.11. The summed E-state index contributed by atoms with van der Waals surface area (Å²) < 4.78 is 26.3. The fraction of sp³-hybridized carbons (Fsp3) is 0.368. The topological polar surface area (TPSA) is 77.3 Å². The number of sulfonamides is 1. The first-order valence-electron chi connectivity index (χ1n) is 8.60. The zero-order valence-corrected chi connectivity index (χ0v) is 15.3. The normalized spacial score (nSPS) is 25.8. The Morgan fingerprint density at radius 1 is 1.15 bits per heavy atom. The molecule has 0 bridgehead atoms. The largest absolute Gasteiger partial charge is 0.356 e. The van der Waals surface area contributed by atoms with Crippen LogP contribution in [0, 0.1) is 23.2 Å². The lowest BCUT2D eigenvalue weighted by atomic mass is 9.90. The van der Waals surface area contributed by atoms with Crippen molar-refractivity contribution in [3.63, 3.8) is 0 Å².